The van der Waals surface area contributed by atoms with Crippen molar-refractivity contribution in [2.24, 2.45) is 11.7 Å². The average molecular weight is 263 g/mol. The fourth-order valence-corrected chi connectivity index (χ4v) is 2.13. The van der Waals surface area contributed by atoms with E-state index in [-0.39, 0.29) is 6.04 Å². The SMILES string of the molecule is CCC(N)Cc1ccc(OC)cc1OCCC1CC1. The molecule has 3 heteroatoms. The Morgan fingerprint density at radius 2 is 2.16 bits per heavy atom. The number of benzene rings is 1. The molecule has 1 atom stereocenters. The van der Waals surface area contributed by atoms with Crippen LogP contribution in [-0.4, -0.2) is 19.8 Å². The second-order valence-corrected chi connectivity index (χ2v) is 5.43. The second kappa shape index (κ2) is 6.80. The Morgan fingerprint density at radius 3 is 2.79 bits per heavy atom. The van der Waals surface area contributed by atoms with Crippen LogP contribution in [0, 0.1) is 5.92 Å². The van der Waals surface area contributed by atoms with E-state index in [4.69, 9.17) is 15.2 Å². The Morgan fingerprint density at radius 1 is 1.37 bits per heavy atom. The van der Waals surface area contributed by atoms with Crippen molar-refractivity contribution in [3.63, 3.8) is 0 Å². The maximum absolute atomic E-state index is 6.04. The molecule has 1 aliphatic carbocycles. The molecule has 1 aromatic rings. The van der Waals surface area contributed by atoms with Gasteiger partial charge in [-0.2, -0.15) is 0 Å². The molecule has 0 heterocycles. The highest BCUT2D eigenvalue weighted by Gasteiger charge is 2.21. The van der Waals surface area contributed by atoms with E-state index in [1.54, 1.807) is 7.11 Å². The molecule has 1 aliphatic rings. The van der Waals surface area contributed by atoms with Crippen molar-refractivity contribution in [3.05, 3.63) is 23.8 Å². The fraction of sp³-hybridized carbons (Fsp3) is 0.625. The third kappa shape index (κ3) is 4.43. The van der Waals surface area contributed by atoms with E-state index >= 15 is 0 Å². The van der Waals surface area contributed by atoms with E-state index in [9.17, 15) is 0 Å². The number of hydrogen-bond acceptors (Lipinski definition) is 3. The minimum atomic E-state index is 0.194. The van der Waals surface area contributed by atoms with Gasteiger partial charge in [0.15, 0.2) is 0 Å². The van der Waals surface area contributed by atoms with Gasteiger partial charge in [0.1, 0.15) is 11.5 Å². The molecule has 0 radical (unpaired) electrons. The van der Waals surface area contributed by atoms with E-state index in [1.807, 2.05) is 12.1 Å². The molecule has 0 aromatic heterocycles. The molecule has 1 saturated carbocycles. The van der Waals surface area contributed by atoms with E-state index in [0.717, 1.165) is 43.3 Å². The molecule has 0 bridgehead atoms. The Kier molecular flexibility index (Phi) is 5.08. The lowest BCUT2D eigenvalue weighted by Crippen LogP contribution is -2.21. The second-order valence-electron chi connectivity index (χ2n) is 5.43. The first-order valence-electron chi connectivity index (χ1n) is 7.28. The highest BCUT2D eigenvalue weighted by molar-refractivity contribution is 5.41. The summed E-state index contributed by atoms with van der Waals surface area (Å²) in [5, 5.41) is 0. The minimum absolute atomic E-state index is 0.194. The van der Waals surface area contributed by atoms with Gasteiger partial charge >= 0.3 is 0 Å². The highest BCUT2D eigenvalue weighted by Crippen LogP contribution is 2.33. The van der Waals surface area contributed by atoms with Crippen LogP contribution in [0.5, 0.6) is 11.5 Å². The zero-order valence-electron chi connectivity index (χ0n) is 12.0. The van der Waals surface area contributed by atoms with Crippen LogP contribution in [0.3, 0.4) is 0 Å². The van der Waals surface area contributed by atoms with Gasteiger partial charge in [-0.3, -0.25) is 0 Å². The van der Waals surface area contributed by atoms with Crippen LogP contribution in [0.2, 0.25) is 0 Å². The standard InChI is InChI=1S/C16H25NO2/c1-3-14(17)10-13-6-7-15(18-2)11-16(13)19-9-8-12-4-5-12/h6-7,11-12,14H,3-5,8-10,17H2,1-2H3. The summed E-state index contributed by atoms with van der Waals surface area (Å²) in [5.41, 5.74) is 7.23. The molecule has 106 valence electrons. The molecule has 0 amide bonds. The van der Waals surface area contributed by atoms with Crippen LogP contribution < -0.4 is 15.2 Å². The summed E-state index contributed by atoms with van der Waals surface area (Å²) in [7, 11) is 1.68. The number of rotatable bonds is 8. The Balaban J connectivity index is 2.01. The first-order chi connectivity index (χ1) is 9.22. The molecule has 19 heavy (non-hydrogen) atoms. The first kappa shape index (κ1) is 14.2. The third-order valence-electron chi connectivity index (χ3n) is 3.76. The van der Waals surface area contributed by atoms with E-state index in [2.05, 4.69) is 13.0 Å². The molecule has 2 rings (SSSR count). The van der Waals surface area contributed by atoms with Crippen molar-refractivity contribution in [1.29, 1.82) is 0 Å². The van der Waals surface area contributed by atoms with Gasteiger partial charge in [-0.05, 0) is 36.8 Å². The van der Waals surface area contributed by atoms with Gasteiger partial charge in [0, 0.05) is 12.1 Å². The summed E-state index contributed by atoms with van der Waals surface area (Å²) >= 11 is 0. The Bertz CT molecular complexity index is 402. The smallest absolute Gasteiger partial charge is 0.126 e. The number of hydrogen-bond donors (Lipinski definition) is 1. The largest absolute Gasteiger partial charge is 0.497 e. The number of nitrogens with two attached hydrogens (primary N) is 1. The van der Waals surface area contributed by atoms with Crippen molar-refractivity contribution >= 4 is 0 Å². The van der Waals surface area contributed by atoms with Crippen molar-refractivity contribution in [2.75, 3.05) is 13.7 Å². The van der Waals surface area contributed by atoms with Gasteiger partial charge in [0.25, 0.3) is 0 Å². The maximum Gasteiger partial charge on any atom is 0.126 e. The summed E-state index contributed by atoms with van der Waals surface area (Å²) in [6, 6.07) is 6.22. The van der Waals surface area contributed by atoms with Crippen molar-refractivity contribution < 1.29 is 9.47 Å². The summed E-state index contributed by atoms with van der Waals surface area (Å²) < 4.78 is 11.2. The van der Waals surface area contributed by atoms with Crippen molar-refractivity contribution in [1.82, 2.24) is 0 Å². The molecule has 1 unspecified atom stereocenters. The van der Waals surface area contributed by atoms with Crippen LogP contribution in [0.25, 0.3) is 0 Å². The topological polar surface area (TPSA) is 44.5 Å². The predicted molar refractivity (Wildman–Crippen MR) is 77.8 cm³/mol. The third-order valence-corrected chi connectivity index (χ3v) is 3.76. The number of ether oxygens (including phenoxy) is 2. The lowest BCUT2D eigenvalue weighted by atomic mass is 10.0. The van der Waals surface area contributed by atoms with Crippen molar-refractivity contribution in [2.45, 2.75) is 45.1 Å². The first-order valence-corrected chi connectivity index (χ1v) is 7.28. The molecule has 3 nitrogen and oxygen atoms in total. The maximum atomic E-state index is 6.04. The molecule has 0 aliphatic heterocycles. The van der Waals surface area contributed by atoms with Crippen molar-refractivity contribution in [3.8, 4) is 11.5 Å². The van der Waals surface area contributed by atoms with E-state index in [1.165, 1.54) is 18.4 Å². The van der Waals surface area contributed by atoms with Crippen LogP contribution >= 0.6 is 0 Å². The van der Waals surface area contributed by atoms with Gasteiger partial charge in [-0.25, -0.2) is 0 Å². The molecule has 0 saturated heterocycles. The monoisotopic (exact) mass is 263 g/mol. The van der Waals surface area contributed by atoms with Gasteiger partial charge < -0.3 is 15.2 Å². The normalized spacial score (nSPS) is 16.2. The van der Waals surface area contributed by atoms with Crippen LogP contribution in [0.15, 0.2) is 18.2 Å². The lowest BCUT2D eigenvalue weighted by Gasteiger charge is -2.15. The predicted octanol–water partition coefficient (Wildman–Crippen LogP) is 3.15. The van der Waals surface area contributed by atoms with Crippen LogP contribution in [-0.2, 0) is 6.42 Å². The Labute approximate surface area is 116 Å². The van der Waals surface area contributed by atoms with Gasteiger partial charge in [0.05, 0.1) is 13.7 Å². The highest BCUT2D eigenvalue weighted by atomic mass is 16.5. The summed E-state index contributed by atoms with van der Waals surface area (Å²) in [6.07, 6.45) is 5.74. The molecule has 0 spiro atoms. The fourth-order valence-electron chi connectivity index (χ4n) is 2.13. The summed E-state index contributed by atoms with van der Waals surface area (Å²) in [4.78, 5) is 0. The average Bonchev–Trinajstić information content (AvgIpc) is 3.24. The van der Waals surface area contributed by atoms with E-state index in [0.29, 0.717) is 0 Å². The van der Waals surface area contributed by atoms with Crippen LogP contribution in [0.1, 0.15) is 38.2 Å². The summed E-state index contributed by atoms with van der Waals surface area (Å²) in [6.45, 7) is 2.91. The Hall–Kier alpha value is -1.22. The molecule has 1 aromatic carbocycles. The zero-order valence-corrected chi connectivity index (χ0v) is 12.0. The lowest BCUT2D eigenvalue weighted by molar-refractivity contribution is 0.296. The van der Waals surface area contributed by atoms with Gasteiger partial charge in [0.2, 0.25) is 0 Å². The van der Waals surface area contributed by atoms with Gasteiger partial charge in [-0.15, -0.1) is 0 Å². The van der Waals surface area contributed by atoms with E-state index < -0.39 is 0 Å². The van der Waals surface area contributed by atoms with Crippen LogP contribution in [0.4, 0.5) is 0 Å². The molecule has 2 N–H and O–H groups in total. The zero-order chi connectivity index (χ0) is 13.7. The summed E-state index contributed by atoms with van der Waals surface area (Å²) in [5.74, 6) is 2.67. The molecular weight excluding hydrogens is 238 g/mol. The minimum Gasteiger partial charge on any atom is -0.497 e. The number of methoxy groups -OCH3 is 1. The molecule has 1 fully saturated rings. The van der Waals surface area contributed by atoms with Gasteiger partial charge in [-0.1, -0.05) is 25.8 Å². The quantitative estimate of drug-likeness (QED) is 0.783. The molecular formula is C16H25NO2.